The minimum absolute atomic E-state index is 0.00604. The molecule has 1 unspecified atom stereocenters. The van der Waals surface area contributed by atoms with E-state index < -0.39 is 0 Å². The molecule has 0 saturated heterocycles. The smallest absolute Gasteiger partial charge is 0.319 e. The lowest BCUT2D eigenvalue weighted by Gasteiger charge is -2.14. The van der Waals surface area contributed by atoms with Crippen LogP contribution in [0, 0.1) is 20.8 Å². The molecule has 3 N–H and O–H groups in total. The summed E-state index contributed by atoms with van der Waals surface area (Å²) in [7, 11) is 0. The van der Waals surface area contributed by atoms with Crippen LogP contribution in [0.5, 0.6) is 0 Å². The Morgan fingerprint density at radius 1 is 1.33 bits per heavy atom. The Morgan fingerprint density at radius 3 is 2.79 bits per heavy atom. The van der Waals surface area contributed by atoms with Crippen LogP contribution >= 0.6 is 0 Å². The van der Waals surface area contributed by atoms with Gasteiger partial charge in [0.1, 0.15) is 0 Å². The van der Waals surface area contributed by atoms with Crippen LogP contribution in [0.1, 0.15) is 36.6 Å². The van der Waals surface area contributed by atoms with Crippen molar-refractivity contribution in [3.05, 3.63) is 41.2 Å². The fourth-order valence-electron chi connectivity index (χ4n) is 2.57. The fraction of sp³-hybridized carbons (Fsp3) is 0.444. The normalized spacial score (nSPS) is 12.0. The molecule has 1 aromatic carbocycles. The van der Waals surface area contributed by atoms with Gasteiger partial charge in [0.2, 0.25) is 0 Å². The molecule has 2 rings (SSSR count). The van der Waals surface area contributed by atoms with Crippen LogP contribution < -0.4 is 10.6 Å². The molecular weight excluding hydrogens is 304 g/mol. The molecule has 0 bridgehead atoms. The molecule has 1 atom stereocenters. The second kappa shape index (κ2) is 7.97. The zero-order valence-electron chi connectivity index (χ0n) is 14.8. The number of nitrogens with zero attached hydrogens (tertiary/aromatic N) is 2. The van der Waals surface area contributed by atoms with Gasteiger partial charge < -0.3 is 15.7 Å². The van der Waals surface area contributed by atoms with Crippen molar-refractivity contribution < 1.29 is 9.90 Å². The summed E-state index contributed by atoms with van der Waals surface area (Å²) < 4.78 is 1.84. The van der Waals surface area contributed by atoms with Crippen molar-refractivity contribution in [3.63, 3.8) is 0 Å². The molecule has 130 valence electrons. The third-order valence-electron chi connectivity index (χ3n) is 4.02. The van der Waals surface area contributed by atoms with E-state index in [1.807, 2.05) is 32.4 Å². The number of anilines is 1. The molecule has 1 aromatic heterocycles. The van der Waals surface area contributed by atoms with Gasteiger partial charge in [-0.25, -0.2) is 9.48 Å². The summed E-state index contributed by atoms with van der Waals surface area (Å²) in [4.78, 5) is 12.1. The van der Waals surface area contributed by atoms with E-state index in [4.69, 9.17) is 5.11 Å². The lowest BCUT2D eigenvalue weighted by molar-refractivity contribution is 0.245. The first kappa shape index (κ1) is 18.0. The number of aliphatic hydroxyl groups is 1. The average molecular weight is 330 g/mol. The molecule has 0 aliphatic rings. The molecule has 0 radical (unpaired) electrons. The summed E-state index contributed by atoms with van der Waals surface area (Å²) in [6.45, 7) is 8.07. The molecule has 0 saturated carbocycles. The van der Waals surface area contributed by atoms with Gasteiger partial charge >= 0.3 is 6.03 Å². The number of aliphatic hydroxyl groups excluding tert-OH is 1. The van der Waals surface area contributed by atoms with Gasteiger partial charge in [-0.3, -0.25) is 0 Å². The number of urea groups is 1. The predicted octanol–water partition coefficient (Wildman–Crippen LogP) is 3.08. The Balaban J connectivity index is 2.10. The van der Waals surface area contributed by atoms with E-state index >= 15 is 0 Å². The van der Waals surface area contributed by atoms with Crippen molar-refractivity contribution >= 4 is 11.7 Å². The van der Waals surface area contributed by atoms with Gasteiger partial charge in [-0.2, -0.15) is 5.10 Å². The van der Waals surface area contributed by atoms with E-state index in [0.717, 1.165) is 28.9 Å². The van der Waals surface area contributed by atoms with Gasteiger partial charge in [0.15, 0.2) is 0 Å². The number of aryl methyl sites for hydroxylation is 2. The highest BCUT2D eigenvalue weighted by Gasteiger charge is 2.13. The lowest BCUT2D eigenvalue weighted by atomic mass is 10.1. The number of amides is 2. The number of carbonyl (C=O) groups is 1. The molecule has 0 aliphatic carbocycles. The Morgan fingerprint density at radius 2 is 2.08 bits per heavy atom. The van der Waals surface area contributed by atoms with Crippen molar-refractivity contribution in [2.45, 2.75) is 46.6 Å². The summed E-state index contributed by atoms with van der Waals surface area (Å²) in [5.41, 5.74) is 4.86. The van der Waals surface area contributed by atoms with Gasteiger partial charge in [0, 0.05) is 12.6 Å². The fourth-order valence-corrected chi connectivity index (χ4v) is 2.57. The van der Waals surface area contributed by atoms with Crippen molar-refractivity contribution in [1.29, 1.82) is 0 Å². The van der Waals surface area contributed by atoms with Crippen LogP contribution in [0.15, 0.2) is 24.4 Å². The molecule has 0 fully saturated rings. The standard InChI is InChI=1S/C18H26N4O2/c1-12-7-8-13(2)17(10-12)22-15(4)16(11-19-22)21-18(24)20-14(3)6-5-9-23/h7-8,10-11,14,23H,5-6,9H2,1-4H3,(H2,20,21,24). The van der Waals surface area contributed by atoms with Crippen LogP contribution in [0.25, 0.3) is 5.69 Å². The SMILES string of the molecule is Cc1ccc(C)c(-n2ncc(NC(=O)NC(C)CCCO)c2C)c1. The number of rotatable bonds is 6. The first-order chi connectivity index (χ1) is 11.4. The van der Waals surface area contributed by atoms with Crippen LogP contribution in [0.4, 0.5) is 10.5 Å². The van der Waals surface area contributed by atoms with E-state index in [-0.39, 0.29) is 18.7 Å². The van der Waals surface area contributed by atoms with E-state index in [9.17, 15) is 4.79 Å². The number of hydrogen-bond acceptors (Lipinski definition) is 3. The molecule has 0 aliphatic heterocycles. The second-order valence-electron chi connectivity index (χ2n) is 6.21. The molecular formula is C18H26N4O2. The zero-order valence-corrected chi connectivity index (χ0v) is 14.8. The first-order valence-corrected chi connectivity index (χ1v) is 8.23. The molecule has 2 aromatic rings. The monoisotopic (exact) mass is 330 g/mol. The zero-order chi connectivity index (χ0) is 17.7. The van der Waals surface area contributed by atoms with E-state index in [0.29, 0.717) is 12.1 Å². The van der Waals surface area contributed by atoms with E-state index in [2.05, 4.69) is 33.9 Å². The summed E-state index contributed by atoms with van der Waals surface area (Å²) in [5.74, 6) is 0. The summed E-state index contributed by atoms with van der Waals surface area (Å²) >= 11 is 0. The van der Waals surface area contributed by atoms with Gasteiger partial charge in [0.25, 0.3) is 0 Å². The number of benzene rings is 1. The number of carbonyl (C=O) groups excluding carboxylic acids is 1. The lowest BCUT2D eigenvalue weighted by Crippen LogP contribution is -2.36. The Bertz CT molecular complexity index is 709. The number of hydrogen-bond donors (Lipinski definition) is 3. The van der Waals surface area contributed by atoms with Crippen LogP contribution in [-0.4, -0.2) is 33.6 Å². The summed E-state index contributed by atoms with van der Waals surface area (Å²) in [6, 6.07) is 5.96. The Kier molecular flexibility index (Phi) is 5.98. The highest BCUT2D eigenvalue weighted by atomic mass is 16.3. The van der Waals surface area contributed by atoms with Gasteiger partial charge in [-0.05, 0) is 57.7 Å². The topological polar surface area (TPSA) is 79.2 Å². The maximum Gasteiger partial charge on any atom is 0.319 e. The van der Waals surface area contributed by atoms with Gasteiger partial charge in [-0.15, -0.1) is 0 Å². The molecule has 0 spiro atoms. The molecule has 6 heteroatoms. The van der Waals surface area contributed by atoms with Crippen LogP contribution in [-0.2, 0) is 0 Å². The van der Waals surface area contributed by atoms with Crippen molar-refractivity contribution in [2.75, 3.05) is 11.9 Å². The Labute approximate surface area is 142 Å². The maximum atomic E-state index is 12.1. The molecule has 6 nitrogen and oxygen atoms in total. The highest BCUT2D eigenvalue weighted by Crippen LogP contribution is 2.21. The quantitative estimate of drug-likeness (QED) is 0.761. The van der Waals surface area contributed by atoms with Crippen LogP contribution in [0.3, 0.4) is 0 Å². The average Bonchev–Trinajstić information content (AvgIpc) is 2.88. The third-order valence-corrected chi connectivity index (χ3v) is 4.02. The number of aromatic nitrogens is 2. The van der Waals surface area contributed by atoms with Gasteiger partial charge in [-0.1, -0.05) is 12.1 Å². The van der Waals surface area contributed by atoms with Crippen LogP contribution in [0.2, 0.25) is 0 Å². The van der Waals surface area contributed by atoms with E-state index in [1.165, 1.54) is 0 Å². The molecule has 1 heterocycles. The number of nitrogens with one attached hydrogen (secondary N) is 2. The minimum atomic E-state index is -0.260. The molecule has 2 amide bonds. The van der Waals surface area contributed by atoms with E-state index in [1.54, 1.807) is 6.20 Å². The summed E-state index contributed by atoms with van der Waals surface area (Å²) in [5, 5.41) is 19.0. The first-order valence-electron chi connectivity index (χ1n) is 8.23. The Hall–Kier alpha value is -2.34. The maximum absolute atomic E-state index is 12.1. The predicted molar refractivity (Wildman–Crippen MR) is 95.7 cm³/mol. The molecule has 24 heavy (non-hydrogen) atoms. The minimum Gasteiger partial charge on any atom is -0.396 e. The van der Waals surface area contributed by atoms with Crippen molar-refractivity contribution in [2.24, 2.45) is 0 Å². The second-order valence-corrected chi connectivity index (χ2v) is 6.21. The summed E-state index contributed by atoms with van der Waals surface area (Å²) in [6.07, 6.45) is 3.07. The van der Waals surface area contributed by atoms with Crippen molar-refractivity contribution in [3.8, 4) is 5.69 Å². The largest absolute Gasteiger partial charge is 0.396 e. The highest BCUT2D eigenvalue weighted by molar-refractivity contribution is 5.89. The van der Waals surface area contributed by atoms with Crippen molar-refractivity contribution in [1.82, 2.24) is 15.1 Å². The van der Waals surface area contributed by atoms with Gasteiger partial charge in [0.05, 0.1) is 23.3 Å². The third kappa shape index (κ3) is 4.35.